The maximum Gasteiger partial charge on any atom is 0.119 e. The van der Waals surface area contributed by atoms with Crippen LogP contribution in [0.5, 0.6) is 11.5 Å². The molecule has 77 heavy (non-hydrogen) atoms. The summed E-state index contributed by atoms with van der Waals surface area (Å²) in [5.74, 6) is 1.80. The van der Waals surface area contributed by atoms with E-state index in [9.17, 15) is 0 Å². The van der Waals surface area contributed by atoms with Crippen LogP contribution in [-0.4, -0.2) is 14.2 Å². The SMILES string of the molecule is COc1ccc2c(c1)C(C)(C)c1cc(-c3c4ccccc4c(-c4ccc5c(c4)C(C)(C)c4cc(-c6c7ccccc7c(-c7ccc8c(c7)C(C)(C)c7cc(OC)ccc7-8)c7ccccc67)ccc4-5)c4ccccc34)ccc1-2. The minimum atomic E-state index is -0.259. The Labute approximate surface area is 451 Å². The van der Waals surface area contributed by atoms with Crippen molar-refractivity contribution in [2.24, 2.45) is 0 Å². The zero-order chi connectivity index (χ0) is 52.3. The van der Waals surface area contributed by atoms with Crippen molar-refractivity contribution in [2.75, 3.05) is 14.2 Å². The van der Waals surface area contributed by atoms with E-state index in [4.69, 9.17) is 9.47 Å². The lowest BCUT2D eigenvalue weighted by Gasteiger charge is -2.25. The molecule has 0 spiro atoms. The van der Waals surface area contributed by atoms with Crippen molar-refractivity contribution in [3.05, 3.63) is 240 Å². The minimum Gasteiger partial charge on any atom is -0.497 e. The van der Waals surface area contributed by atoms with Gasteiger partial charge in [0.2, 0.25) is 0 Å². The normalized spacial score (nSPS) is 14.8. The van der Waals surface area contributed by atoms with E-state index in [2.05, 4.69) is 248 Å². The predicted molar refractivity (Wildman–Crippen MR) is 324 cm³/mol. The first-order valence-corrected chi connectivity index (χ1v) is 27.2. The molecule has 3 aliphatic carbocycles. The van der Waals surface area contributed by atoms with Crippen molar-refractivity contribution in [1.82, 2.24) is 0 Å². The van der Waals surface area contributed by atoms with Gasteiger partial charge in [-0.2, -0.15) is 0 Å². The van der Waals surface area contributed by atoms with Gasteiger partial charge < -0.3 is 9.47 Å². The Balaban J connectivity index is 0.846. The fourth-order valence-electron chi connectivity index (χ4n) is 14.5. The van der Waals surface area contributed by atoms with Crippen LogP contribution in [0.1, 0.15) is 74.9 Å². The van der Waals surface area contributed by atoms with Crippen LogP contribution in [0.25, 0.3) is 121 Å². The number of rotatable bonds is 6. The first-order chi connectivity index (χ1) is 37.4. The largest absolute Gasteiger partial charge is 0.497 e. The number of ether oxygens (including phenoxy) is 2. The molecule has 2 nitrogen and oxygen atoms in total. The van der Waals surface area contributed by atoms with Gasteiger partial charge in [-0.1, -0.05) is 199 Å². The van der Waals surface area contributed by atoms with Crippen LogP contribution in [0, 0.1) is 0 Å². The molecule has 0 aliphatic heterocycles. The van der Waals surface area contributed by atoms with E-state index in [1.54, 1.807) is 14.2 Å². The summed E-state index contributed by atoms with van der Waals surface area (Å²) in [5, 5.41) is 10.1. The van der Waals surface area contributed by atoms with Gasteiger partial charge >= 0.3 is 0 Å². The Kier molecular flexibility index (Phi) is 9.58. The summed E-state index contributed by atoms with van der Waals surface area (Å²) in [5.41, 5.74) is 25.4. The van der Waals surface area contributed by atoms with Crippen LogP contribution in [0.4, 0.5) is 0 Å². The highest BCUT2D eigenvalue weighted by Crippen LogP contribution is 2.56. The van der Waals surface area contributed by atoms with Crippen molar-refractivity contribution < 1.29 is 9.47 Å². The second-order valence-electron chi connectivity index (χ2n) is 23.4. The summed E-state index contributed by atoms with van der Waals surface area (Å²) in [7, 11) is 3.51. The van der Waals surface area contributed by atoms with Gasteiger partial charge in [0.25, 0.3) is 0 Å². The molecular formula is C75H58O2. The molecule has 0 bridgehead atoms. The Morgan fingerprint density at radius 1 is 0.234 bits per heavy atom. The summed E-state index contributed by atoms with van der Waals surface area (Å²) < 4.78 is 11.4. The third-order valence-corrected chi connectivity index (χ3v) is 18.5. The van der Waals surface area contributed by atoms with Crippen LogP contribution in [-0.2, 0) is 16.2 Å². The molecule has 0 unspecified atom stereocenters. The monoisotopic (exact) mass is 990 g/mol. The molecule has 370 valence electrons. The van der Waals surface area contributed by atoms with Crippen molar-refractivity contribution in [3.8, 4) is 89.4 Å². The van der Waals surface area contributed by atoms with E-state index < -0.39 is 0 Å². The number of hydrogen-bond donors (Lipinski definition) is 0. The average Bonchev–Trinajstić information content (AvgIpc) is 3.96. The minimum absolute atomic E-state index is 0.173. The van der Waals surface area contributed by atoms with Gasteiger partial charge in [0.1, 0.15) is 11.5 Å². The molecule has 0 amide bonds. The molecule has 0 atom stereocenters. The van der Waals surface area contributed by atoms with E-state index in [0.29, 0.717) is 0 Å². The fraction of sp³-hybridized carbons (Fsp3) is 0.147. The first-order valence-electron chi connectivity index (χ1n) is 27.2. The smallest absolute Gasteiger partial charge is 0.119 e. The topological polar surface area (TPSA) is 18.5 Å². The third-order valence-electron chi connectivity index (χ3n) is 18.5. The number of hydrogen-bond acceptors (Lipinski definition) is 2. The molecule has 15 rings (SSSR count). The Hall–Kier alpha value is -8.72. The van der Waals surface area contributed by atoms with E-state index in [1.807, 2.05) is 0 Å². The predicted octanol–water partition coefficient (Wildman–Crippen LogP) is 19.9. The van der Waals surface area contributed by atoms with Gasteiger partial charge in [0.05, 0.1) is 14.2 Å². The number of methoxy groups -OCH3 is 2. The maximum atomic E-state index is 5.70. The summed E-state index contributed by atoms with van der Waals surface area (Å²) >= 11 is 0. The van der Waals surface area contributed by atoms with E-state index in [-0.39, 0.29) is 16.2 Å². The molecule has 0 N–H and O–H groups in total. The van der Waals surface area contributed by atoms with Crippen LogP contribution < -0.4 is 9.47 Å². The Morgan fingerprint density at radius 2 is 0.429 bits per heavy atom. The highest BCUT2D eigenvalue weighted by atomic mass is 16.5. The third kappa shape index (κ3) is 6.30. The lowest BCUT2D eigenvalue weighted by molar-refractivity contribution is 0.413. The van der Waals surface area contributed by atoms with Crippen molar-refractivity contribution in [1.29, 1.82) is 0 Å². The highest BCUT2D eigenvalue weighted by Gasteiger charge is 2.39. The van der Waals surface area contributed by atoms with E-state index >= 15 is 0 Å². The summed E-state index contributed by atoms with van der Waals surface area (Å²) in [6.45, 7) is 14.3. The van der Waals surface area contributed by atoms with Crippen molar-refractivity contribution >= 4 is 43.1 Å². The standard InChI is InChI=1S/C75H58O2/c1-73(2)63-37-43(69-55-17-9-13-21-59(55)71(60-22-14-10-18-56(60)69)45-27-33-51-53-35-29-47(76-7)41-67(53)74(3,4)65(51)39-45)25-31-49(63)50-32-26-44(38-64(50)73)70-57-19-11-15-23-61(57)72(62-24-16-12-20-58(62)70)46-28-34-52-54-36-30-48(77-8)42-68(54)75(5,6)66(52)40-46/h9-42H,1-8H3. The lowest BCUT2D eigenvalue weighted by Crippen LogP contribution is -2.15. The number of benzene rings is 12. The molecule has 0 heterocycles. The molecule has 3 aliphatic rings. The van der Waals surface area contributed by atoms with E-state index in [1.165, 1.54) is 154 Å². The molecule has 0 radical (unpaired) electrons. The summed E-state index contributed by atoms with van der Waals surface area (Å²) in [6, 6.07) is 78.3. The average molecular weight is 991 g/mol. The summed E-state index contributed by atoms with van der Waals surface area (Å²) in [4.78, 5) is 0. The highest BCUT2D eigenvalue weighted by molar-refractivity contribution is 6.23. The van der Waals surface area contributed by atoms with Crippen LogP contribution in [0.2, 0.25) is 0 Å². The molecule has 0 saturated heterocycles. The molecule has 0 fully saturated rings. The Bertz CT molecular complexity index is 4160. The van der Waals surface area contributed by atoms with E-state index in [0.717, 1.165) is 11.5 Å². The lowest BCUT2D eigenvalue weighted by atomic mass is 9.78. The van der Waals surface area contributed by atoms with Gasteiger partial charge in [-0.25, -0.2) is 0 Å². The van der Waals surface area contributed by atoms with Crippen LogP contribution >= 0.6 is 0 Å². The molecule has 12 aromatic carbocycles. The fourth-order valence-corrected chi connectivity index (χ4v) is 14.5. The second-order valence-corrected chi connectivity index (χ2v) is 23.4. The molecular weight excluding hydrogens is 933 g/mol. The van der Waals surface area contributed by atoms with Crippen molar-refractivity contribution in [3.63, 3.8) is 0 Å². The van der Waals surface area contributed by atoms with Crippen molar-refractivity contribution in [2.45, 2.75) is 57.8 Å². The van der Waals surface area contributed by atoms with Crippen LogP contribution in [0.3, 0.4) is 0 Å². The second kappa shape index (κ2) is 16.2. The van der Waals surface area contributed by atoms with Gasteiger partial charge in [-0.15, -0.1) is 0 Å². The zero-order valence-electron chi connectivity index (χ0n) is 44.9. The maximum absolute atomic E-state index is 5.70. The van der Waals surface area contributed by atoms with Gasteiger partial charge in [0.15, 0.2) is 0 Å². The molecule has 0 aromatic heterocycles. The van der Waals surface area contributed by atoms with Gasteiger partial charge in [0, 0.05) is 16.2 Å². The van der Waals surface area contributed by atoms with Gasteiger partial charge in [-0.3, -0.25) is 0 Å². The molecule has 2 heteroatoms. The Morgan fingerprint density at radius 3 is 0.636 bits per heavy atom. The van der Waals surface area contributed by atoms with Crippen LogP contribution in [0.15, 0.2) is 206 Å². The zero-order valence-corrected chi connectivity index (χ0v) is 44.9. The first kappa shape index (κ1) is 45.7. The molecule has 0 saturated carbocycles. The quantitative estimate of drug-likeness (QED) is 0.155. The number of fused-ring (bicyclic) bond motifs is 13. The molecule has 12 aromatic rings. The summed E-state index contributed by atoms with van der Waals surface area (Å²) in [6.07, 6.45) is 0. The van der Waals surface area contributed by atoms with Gasteiger partial charge in [-0.05, 0) is 203 Å².